The monoisotopic (exact) mass is 409 g/mol. The summed E-state index contributed by atoms with van der Waals surface area (Å²) in [5.41, 5.74) is 2.52. The second kappa shape index (κ2) is 9.84. The lowest BCUT2D eigenvalue weighted by Gasteiger charge is -2.06. The van der Waals surface area contributed by atoms with E-state index in [2.05, 4.69) is 22.5 Å². The number of carbonyl (C=O) groups excluding carboxylic acids is 2. The molecular formula is C22H23N3O3S. The van der Waals surface area contributed by atoms with E-state index in [1.165, 1.54) is 5.56 Å². The molecule has 0 aliphatic carbocycles. The summed E-state index contributed by atoms with van der Waals surface area (Å²) < 4.78 is 5.61. The molecule has 0 spiro atoms. The van der Waals surface area contributed by atoms with E-state index in [0.29, 0.717) is 21.4 Å². The van der Waals surface area contributed by atoms with E-state index < -0.39 is 0 Å². The van der Waals surface area contributed by atoms with E-state index in [1.807, 2.05) is 54.6 Å². The quantitative estimate of drug-likeness (QED) is 0.566. The molecule has 1 heterocycles. The van der Waals surface area contributed by atoms with Gasteiger partial charge in [0.05, 0.1) is 18.7 Å². The number of hydrogen-bond acceptors (Lipinski definition) is 5. The predicted molar refractivity (Wildman–Crippen MR) is 116 cm³/mol. The summed E-state index contributed by atoms with van der Waals surface area (Å²) in [7, 11) is 0. The van der Waals surface area contributed by atoms with E-state index in [0.717, 1.165) is 23.5 Å². The van der Waals surface area contributed by atoms with E-state index >= 15 is 0 Å². The van der Waals surface area contributed by atoms with Crippen LogP contribution < -0.4 is 15.4 Å². The molecule has 0 saturated heterocycles. The highest BCUT2D eigenvalue weighted by molar-refractivity contribution is 7.17. The number of ether oxygens (including phenoxy) is 1. The molecule has 0 radical (unpaired) electrons. The zero-order valence-electron chi connectivity index (χ0n) is 16.4. The van der Waals surface area contributed by atoms with Crippen LogP contribution in [0.1, 0.15) is 34.3 Å². The zero-order chi connectivity index (χ0) is 20.6. The van der Waals surface area contributed by atoms with Gasteiger partial charge >= 0.3 is 0 Å². The fourth-order valence-corrected chi connectivity index (χ4v) is 3.51. The first kappa shape index (κ1) is 20.5. The Bertz CT molecular complexity index is 969. The van der Waals surface area contributed by atoms with E-state index in [4.69, 9.17) is 4.74 Å². The Hall–Kier alpha value is -3.19. The van der Waals surface area contributed by atoms with Gasteiger partial charge in [0.1, 0.15) is 10.6 Å². The lowest BCUT2D eigenvalue weighted by Crippen LogP contribution is -2.15. The molecule has 0 bridgehead atoms. The number of hydrogen-bond donors (Lipinski definition) is 2. The minimum absolute atomic E-state index is 0.194. The molecular weight excluding hydrogens is 386 g/mol. The van der Waals surface area contributed by atoms with Crippen molar-refractivity contribution in [3.8, 4) is 5.75 Å². The Morgan fingerprint density at radius 2 is 1.76 bits per heavy atom. The number of amides is 2. The van der Waals surface area contributed by atoms with Crippen LogP contribution in [0.15, 0.2) is 54.6 Å². The summed E-state index contributed by atoms with van der Waals surface area (Å²) in [6.07, 6.45) is 1.17. The largest absolute Gasteiger partial charge is 0.493 e. The van der Waals surface area contributed by atoms with E-state index in [1.54, 1.807) is 6.92 Å². The first-order chi connectivity index (χ1) is 14.0. The standard InChI is InChI=1S/C22H23N3O3S/c1-3-16-9-11-18(12-10-16)28-14-13-19(26)25-22-23-15(2)20(29-22)21(27)24-17-7-5-4-6-8-17/h4-12H,3,13-14H2,1-2H3,(H,24,27)(H,23,25,26). The summed E-state index contributed by atoms with van der Waals surface area (Å²) in [5, 5.41) is 5.96. The normalized spacial score (nSPS) is 10.4. The lowest BCUT2D eigenvalue weighted by atomic mass is 10.2. The van der Waals surface area contributed by atoms with Gasteiger partial charge in [-0.3, -0.25) is 9.59 Å². The molecule has 150 valence electrons. The molecule has 29 heavy (non-hydrogen) atoms. The number of thiazole rings is 1. The Morgan fingerprint density at radius 1 is 1.03 bits per heavy atom. The number of aromatic nitrogens is 1. The molecule has 3 rings (SSSR count). The topological polar surface area (TPSA) is 80.3 Å². The Kier molecular flexibility index (Phi) is 6.97. The number of benzene rings is 2. The average molecular weight is 410 g/mol. The maximum Gasteiger partial charge on any atom is 0.267 e. The predicted octanol–water partition coefficient (Wildman–Crippen LogP) is 4.67. The van der Waals surface area contributed by atoms with Gasteiger partial charge in [-0.05, 0) is 43.2 Å². The van der Waals surface area contributed by atoms with Crippen LogP contribution in [-0.2, 0) is 11.2 Å². The molecule has 3 aromatic rings. The van der Waals surface area contributed by atoms with Crippen molar-refractivity contribution < 1.29 is 14.3 Å². The van der Waals surface area contributed by atoms with Gasteiger partial charge in [0.25, 0.3) is 5.91 Å². The number of aryl methyl sites for hydroxylation is 2. The fourth-order valence-electron chi connectivity index (χ4n) is 2.63. The van der Waals surface area contributed by atoms with Gasteiger partial charge in [0.15, 0.2) is 5.13 Å². The number of rotatable bonds is 8. The summed E-state index contributed by atoms with van der Waals surface area (Å²) in [4.78, 5) is 29.3. The third-order valence-corrected chi connectivity index (χ3v) is 5.28. The van der Waals surface area contributed by atoms with Crippen molar-refractivity contribution in [2.45, 2.75) is 26.7 Å². The Morgan fingerprint density at radius 3 is 2.45 bits per heavy atom. The van der Waals surface area contributed by atoms with Crippen LogP contribution in [0.3, 0.4) is 0 Å². The number of para-hydroxylation sites is 1. The van der Waals surface area contributed by atoms with Gasteiger partial charge in [-0.2, -0.15) is 0 Å². The van der Waals surface area contributed by atoms with Gasteiger partial charge in [0.2, 0.25) is 5.91 Å². The molecule has 0 aliphatic heterocycles. The molecule has 0 fully saturated rings. The van der Waals surface area contributed by atoms with Crippen LogP contribution in [0, 0.1) is 6.92 Å². The van der Waals surface area contributed by atoms with Gasteiger partial charge in [-0.25, -0.2) is 4.98 Å². The number of nitrogens with zero attached hydrogens (tertiary/aromatic N) is 1. The molecule has 2 aromatic carbocycles. The molecule has 6 nitrogen and oxygen atoms in total. The zero-order valence-corrected chi connectivity index (χ0v) is 17.2. The molecule has 1 aromatic heterocycles. The van der Waals surface area contributed by atoms with Crippen LogP contribution in [0.5, 0.6) is 5.75 Å². The highest BCUT2D eigenvalue weighted by Gasteiger charge is 2.16. The van der Waals surface area contributed by atoms with Crippen molar-refractivity contribution in [3.63, 3.8) is 0 Å². The minimum Gasteiger partial charge on any atom is -0.493 e. The van der Waals surface area contributed by atoms with Crippen LogP contribution >= 0.6 is 11.3 Å². The summed E-state index contributed by atoms with van der Waals surface area (Å²) in [5.74, 6) is 0.282. The number of carbonyl (C=O) groups is 2. The second-order valence-corrected chi connectivity index (χ2v) is 7.40. The maximum atomic E-state index is 12.4. The van der Waals surface area contributed by atoms with Gasteiger partial charge in [0, 0.05) is 5.69 Å². The maximum absolute atomic E-state index is 12.4. The first-order valence-electron chi connectivity index (χ1n) is 9.40. The van der Waals surface area contributed by atoms with Crippen molar-refractivity contribution >= 4 is 34.0 Å². The summed E-state index contributed by atoms with van der Waals surface area (Å²) in [6.45, 7) is 4.11. The summed E-state index contributed by atoms with van der Waals surface area (Å²) in [6, 6.07) is 17.0. The van der Waals surface area contributed by atoms with Crippen molar-refractivity contribution in [1.29, 1.82) is 0 Å². The highest BCUT2D eigenvalue weighted by atomic mass is 32.1. The Labute approximate surface area is 173 Å². The Balaban J connectivity index is 1.50. The fraction of sp³-hybridized carbons (Fsp3) is 0.227. The second-order valence-electron chi connectivity index (χ2n) is 6.40. The van der Waals surface area contributed by atoms with Crippen LogP contribution in [0.2, 0.25) is 0 Å². The third-order valence-electron chi connectivity index (χ3n) is 4.21. The van der Waals surface area contributed by atoms with Crippen molar-refractivity contribution in [3.05, 3.63) is 70.7 Å². The first-order valence-corrected chi connectivity index (χ1v) is 10.2. The average Bonchev–Trinajstić information content (AvgIpc) is 3.09. The molecule has 0 unspecified atom stereocenters. The minimum atomic E-state index is -0.245. The SMILES string of the molecule is CCc1ccc(OCCC(=O)Nc2nc(C)c(C(=O)Nc3ccccc3)s2)cc1. The molecule has 0 atom stereocenters. The van der Waals surface area contributed by atoms with Gasteiger partial charge < -0.3 is 15.4 Å². The van der Waals surface area contributed by atoms with Crippen molar-refractivity contribution in [1.82, 2.24) is 4.98 Å². The molecule has 7 heteroatoms. The number of nitrogens with one attached hydrogen (secondary N) is 2. The molecule has 0 aliphatic rings. The van der Waals surface area contributed by atoms with Crippen LogP contribution in [-0.4, -0.2) is 23.4 Å². The smallest absolute Gasteiger partial charge is 0.267 e. The lowest BCUT2D eigenvalue weighted by molar-refractivity contribution is -0.116. The summed E-state index contributed by atoms with van der Waals surface area (Å²) >= 11 is 1.15. The third kappa shape index (κ3) is 5.89. The van der Waals surface area contributed by atoms with Crippen molar-refractivity contribution in [2.75, 3.05) is 17.2 Å². The highest BCUT2D eigenvalue weighted by Crippen LogP contribution is 2.24. The molecule has 2 amide bonds. The van der Waals surface area contributed by atoms with Crippen LogP contribution in [0.4, 0.5) is 10.8 Å². The van der Waals surface area contributed by atoms with E-state index in [-0.39, 0.29) is 24.8 Å². The number of anilines is 2. The molecule has 0 saturated carbocycles. The van der Waals surface area contributed by atoms with E-state index in [9.17, 15) is 9.59 Å². The van der Waals surface area contributed by atoms with Crippen LogP contribution in [0.25, 0.3) is 0 Å². The van der Waals surface area contributed by atoms with Gasteiger partial charge in [-0.1, -0.05) is 48.6 Å². The molecule has 2 N–H and O–H groups in total. The van der Waals surface area contributed by atoms with Crippen molar-refractivity contribution in [2.24, 2.45) is 0 Å². The van der Waals surface area contributed by atoms with Gasteiger partial charge in [-0.15, -0.1) is 0 Å².